The predicted molar refractivity (Wildman–Crippen MR) is 111 cm³/mol. The van der Waals surface area contributed by atoms with E-state index < -0.39 is 21.1 Å². The largest absolute Gasteiger partial charge is 0.330 e. The van der Waals surface area contributed by atoms with Gasteiger partial charge in [0.1, 0.15) is 5.82 Å². The summed E-state index contributed by atoms with van der Waals surface area (Å²) in [5.41, 5.74) is -0.211. The van der Waals surface area contributed by atoms with Crippen molar-refractivity contribution in [3.05, 3.63) is 26.7 Å². The first-order valence-corrected chi connectivity index (χ1v) is 11.7. The molecule has 3 rings (SSSR count). The molecular weight excluding hydrogens is 394 g/mol. The minimum absolute atomic E-state index is 0.0722. The Morgan fingerprint density at radius 1 is 1.31 bits per heavy atom. The highest BCUT2D eigenvalue weighted by atomic mass is 32.2. The first-order valence-electron chi connectivity index (χ1n) is 9.91. The van der Waals surface area contributed by atoms with Gasteiger partial charge in [-0.05, 0) is 19.8 Å². The lowest BCUT2D eigenvalue weighted by Gasteiger charge is -2.25. The van der Waals surface area contributed by atoms with Gasteiger partial charge in [-0.2, -0.15) is 0 Å². The van der Waals surface area contributed by atoms with Crippen molar-refractivity contribution >= 4 is 21.0 Å². The topological polar surface area (TPSA) is 110 Å². The Kier molecular flexibility index (Phi) is 6.29. The van der Waals surface area contributed by atoms with Gasteiger partial charge in [0.05, 0.1) is 24.6 Å². The van der Waals surface area contributed by atoms with Crippen LogP contribution in [-0.4, -0.2) is 56.5 Å². The highest BCUT2D eigenvalue weighted by Gasteiger charge is 2.33. The molecule has 0 saturated carbocycles. The minimum atomic E-state index is -3.06. The van der Waals surface area contributed by atoms with Gasteiger partial charge in [-0.25, -0.2) is 18.2 Å². The van der Waals surface area contributed by atoms with Crippen molar-refractivity contribution in [3.8, 4) is 12.3 Å². The first kappa shape index (κ1) is 21.3. The number of hydrogen-bond donors (Lipinski definition) is 1. The maximum atomic E-state index is 12.5. The molecule has 0 amide bonds. The second-order valence-electron chi connectivity index (χ2n) is 7.37. The number of aryl methyl sites for hydroxylation is 2. The summed E-state index contributed by atoms with van der Waals surface area (Å²) in [7, 11) is -3.06. The van der Waals surface area contributed by atoms with Crippen LogP contribution in [0, 0.1) is 12.3 Å². The number of aromatic amines is 1. The fourth-order valence-electron chi connectivity index (χ4n) is 3.88. The van der Waals surface area contributed by atoms with Crippen molar-refractivity contribution in [1.82, 2.24) is 24.0 Å². The number of aromatic nitrogens is 4. The van der Waals surface area contributed by atoms with E-state index in [1.165, 1.54) is 4.57 Å². The predicted octanol–water partition coefficient (Wildman–Crippen LogP) is 0.329. The van der Waals surface area contributed by atoms with Crippen LogP contribution in [0.5, 0.6) is 0 Å². The Balaban J connectivity index is 2.06. The SMILES string of the molecule is C#CCN(Cc1nc2c(c(=O)[nH]c(=O)n2CCCC)n1CC)C1CCS(=O)(=O)C1. The van der Waals surface area contributed by atoms with E-state index in [2.05, 4.69) is 15.9 Å². The minimum Gasteiger partial charge on any atom is -0.321 e. The van der Waals surface area contributed by atoms with E-state index in [1.54, 1.807) is 4.57 Å². The number of hydrogen-bond acceptors (Lipinski definition) is 6. The van der Waals surface area contributed by atoms with Crippen LogP contribution >= 0.6 is 0 Å². The summed E-state index contributed by atoms with van der Waals surface area (Å²) >= 11 is 0. The van der Waals surface area contributed by atoms with E-state index in [0.29, 0.717) is 43.0 Å². The van der Waals surface area contributed by atoms with E-state index in [4.69, 9.17) is 6.42 Å². The number of imidazole rings is 1. The molecule has 0 radical (unpaired) electrons. The fraction of sp³-hybridized carbons (Fsp3) is 0.632. The normalized spacial score (nSPS) is 18.5. The van der Waals surface area contributed by atoms with Gasteiger partial charge in [0.15, 0.2) is 21.0 Å². The molecule has 1 saturated heterocycles. The number of sulfone groups is 1. The van der Waals surface area contributed by atoms with Crippen LogP contribution in [0.2, 0.25) is 0 Å². The maximum absolute atomic E-state index is 12.5. The molecule has 0 spiro atoms. The number of nitrogens with one attached hydrogen (secondary N) is 1. The lowest BCUT2D eigenvalue weighted by Crippen LogP contribution is -2.37. The number of H-pyrrole nitrogens is 1. The summed E-state index contributed by atoms with van der Waals surface area (Å²) in [5, 5.41) is 0. The molecule has 1 unspecified atom stereocenters. The summed E-state index contributed by atoms with van der Waals surface area (Å²) in [6.45, 7) is 5.49. The summed E-state index contributed by atoms with van der Waals surface area (Å²) in [6, 6.07) is -0.179. The average molecular weight is 422 g/mol. The molecule has 0 aromatic carbocycles. The maximum Gasteiger partial charge on any atom is 0.330 e. The lowest BCUT2D eigenvalue weighted by molar-refractivity contribution is 0.222. The number of unbranched alkanes of at least 4 members (excludes halogenated alkanes) is 1. The molecule has 10 heteroatoms. The van der Waals surface area contributed by atoms with Crippen molar-refractivity contribution in [2.24, 2.45) is 0 Å². The monoisotopic (exact) mass is 421 g/mol. The second kappa shape index (κ2) is 8.55. The van der Waals surface area contributed by atoms with Crippen molar-refractivity contribution in [3.63, 3.8) is 0 Å². The van der Waals surface area contributed by atoms with Crippen LogP contribution in [0.15, 0.2) is 9.59 Å². The molecule has 2 aromatic heterocycles. The second-order valence-corrected chi connectivity index (χ2v) is 9.60. The Bertz CT molecular complexity index is 1150. The molecule has 29 heavy (non-hydrogen) atoms. The van der Waals surface area contributed by atoms with E-state index in [1.807, 2.05) is 18.7 Å². The molecule has 1 fully saturated rings. The molecule has 1 aliphatic rings. The molecule has 1 atom stereocenters. The van der Waals surface area contributed by atoms with E-state index in [9.17, 15) is 18.0 Å². The standard InChI is InChI=1S/C19H27N5O4S/c1-4-7-10-24-17-16(18(25)21-19(24)26)23(6-3)15(20-17)12-22(9-5-2)14-8-11-29(27,28)13-14/h2,14H,4,6-13H2,1,3H3,(H,21,25,26). The van der Waals surface area contributed by atoms with E-state index in [-0.39, 0.29) is 24.1 Å². The van der Waals surface area contributed by atoms with Crippen molar-refractivity contribution < 1.29 is 8.42 Å². The van der Waals surface area contributed by atoms with Gasteiger partial charge in [0, 0.05) is 19.1 Å². The number of nitrogens with zero attached hydrogens (tertiary/aromatic N) is 4. The highest BCUT2D eigenvalue weighted by Crippen LogP contribution is 2.21. The van der Waals surface area contributed by atoms with Crippen molar-refractivity contribution in [1.29, 1.82) is 0 Å². The van der Waals surface area contributed by atoms with Crippen LogP contribution in [0.4, 0.5) is 0 Å². The third-order valence-corrected chi connectivity index (χ3v) is 7.13. The Labute approximate surface area is 169 Å². The van der Waals surface area contributed by atoms with Crippen LogP contribution in [0.3, 0.4) is 0 Å². The molecule has 1 N–H and O–H groups in total. The van der Waals surface area contributed by atoms with Crippen LogP contribution in [-0.2, 0) is 29.5 Å². The molecular formula is C19H27N5O4S. The van der Waals surface area contributed by atoms with Crippen LogP contribution < -0.4 is 11.2 Å². The van der Waals surface area contributed by atoms with Gasteiger partial charge in [0.25, 0.3) is 5.56 Å². The molecule has 1 aliphatic heterocycles. The zero-order chi connectivity index (χ0) is 21.2. The Morgan fingerprint density at radius 2 is 2.07 bits per heavy atom. The number of terminal acetylenes is 1. The Morgan fingerprint density at radius 3 is 2.66 bits per heavy atom. The molecule has 0 aliphatic carbocycles. The van der Waals surface area contributed by atoms with Gasteiger partial charge < -0.3 is 4.57 Å². The molecule has 9 nitrogen and oxygen atoms in total. The number of rotatable bonds is 8. The van der Waals surface area contributed by atoms with Crippen molar-refractivity contribution in [2.45, 2.75) is 58.8 Å². The third-order valence-electron chi connectivity index (χ3n) is 5.38. The molecule has 3 heterocycles. The van der Waals surface area contributed by atoms with Gasteiger partial charge >= 0.3 is 5.69 Å². The lowest BCUT2D eigenvalue weighted by atomic mass is 10.2. The summed E-state index contributed by atoms with van der Waals surface area (Å²) in [6.07, 6.45) is 7.74. The zero-order valence-electron chi connectivity index (χ0n) is 16.8. The first-order chi connectivity index (χ1) is 13.8. The van der Waals surface area contributed by atoms with Gasteiger partial charge in [-0.1, -0.05) is 19.3 Å². The molecule has 158 valence electrons. The third kappa shape index (κ3) is 4.31. The molecule has 0 bridgehead atoms. The summed E-state index contributed by atoms with van der Waals surface area (Å²) in [5.74, 6) is 3.42. The van der Waals surface area contributed by atoms with Crippen LogP contribution in [0.25, 0.3) is 11.2 Å². The fourth-order valence-corrected chi connectivity index (χ4v) is 5.64. The van der Waals surface area contributed by atoms with E-state index in [0.717, 1.165) is 12.8 Å². The van der Waals surface area contributed by atoms with Crippen molar-refractivity contribution in [2.75, 3.05) is 18.1 Å². The highest BCUT2D eigenvalue weighted by molar-refractivity contribution is 7.91. The Hall–Kier alpha value is -2.38. The quantitative estimate of drug-likeness (QED) is 0.615. The summed E-state index contributed by atoms with van der Waals surface area (Å²) in [4.78, 5) is 33.8. The average Bonchev–Trinajstić information content (AvgIpc) is 3.21. The molecule has 2 aromatic rings. The van der Waals surface area contributed by atoms with Crippen LogP contribution in [0.1, 0.15) is 38.9 Å². The van der Waals surface area contributed by atoms with E-state index >= 15 is 0 Å². The summed E-state index contributed by atoms with van der Waals surface area (Å²) < 4.78 is 27.1. The van der Waals surface area contributed by atoms with Gasteiger partial charge in [0.2, 0.25) is 0 Å². The smallest absolute Gasteiger partial charge is 0.321 e. The van der Waals surface area contributed by atoms with Gasteiger partial charge in [-0.3, -0.25) is 19.2 Å². The number of fused-ring (bicyclic) bond motifs is 1. The van der Waals surface area contributed by atoms with Gasteiger partial charge in [-0.15, -0.1) is 6.42 Å². The zero-order valence-corrected chi connectivity index (χ0v) is 17.7.